The number of amides is 1. The van der Waals surface area contributed by atoms with Crippen LogP contribution in [0.25, 0.3) is 0 Å². The van der Waals surface area contributed by atoms with Gasteiger partial charge in [-0.2, -0.15) is 4.31 Å². The van der Waals surface area contributed by atoms with Gasteiger partial charge in [0.2, 0.25) is 15.9 Å². The lowest BCUT2D eigenvalue weighted by molar-refractivity contribution is -0.116. The van der Waals surface area contributed by atoms with E-state index in [1.165, 1.54) is 43.7 Å². The number of aromatic nitrogens is 1. The van der Waals surface area contributed by atoms with Crippen molar-refractivity contribution in [1.29, 1.82) is 0 Å². The Bertz CT molecular complexity index is 1120. The molecule has 0 bridgehead atoms. The third kappa shape index (κ3) is 5.62. The van der Waals surface area contributed by atoms with Crippen LogP contribution in [0, 0.1) is 5.82 Å². The number of sulfonamides is 1. The summed E-state index contributed by atoms with van der Waals surface area (Å²) in [6.07, 6.45) is 2.70. The number of nitrogens with zero attached hydrogens (tertiary/aromatic N) is 2. The number of hydrogen-bond donors (Lipinski definition) is 1. The molecule has 0 saturated carbocycles. The van der Waals surface area contributed by atoms with E-state index in [0.717, 1.165) is 9.87 Å². The summed E-state index contributed by atoms with van der Waals surface area (Å²) in [6.45, 7) is -0.177. The van der Waals surface area contributed by atoms with E-state index < -0.39 is 15.9 Å². The Morgan fingerprint density at radius 1 is 1.13 bits per heavy atom. The summed E-state index contributed by atoms with van der Waals surface area (Å²) in [5.74, 6) is -0.487. The van der Waals surface area contributed by atoms with Crippen molar-refractivity contribution in [1.82, 2.24) is 9.29 Å². The van der Waals surface area contributed by atoms with Gasteiger partial charge in [-0.25, -0.2) is 12.8 Å². The molecule has 0 fully saturated rings. The normalized spacial score (nSPS) is 11.3. The van der Waals surface area contributed by atoms with Gasteiger partial charge in [0.15, 0.2) is 0 Å². The van der Waals surface area contributed by atoms with Gasteiger partial charge in [0.1, 0.15) is 23.1 Å². The third-order valence-electron chi connectivity index (χ3n) is 4.12. The number of benzene rings is 2. The predicted molar refractivity (Wildman–Crippen MR) is 110 cm³/mol. The number of hydrogen-bond acceptors (Lipinski definition) is 5. The summed E-state index contributed by atoms with van der Waals surface area (Å²) in [5, 5.41) is 2.67. The number of rotatable bonds is 8. The second-order valence-corrected chi connectivity index (χ2v) is 8.49. The topological polar surface area (TPSA) is 88.6 Å². The zero-order valence-corrected chi connectivity index (χ0v) is 17.0. The van der Waals surface area contributed by atoms with Crippen LogP contribution in [0.4, 0.5) is 10.1 Å². The van der Waals surface area contributed by atoms with E-state index in [-0.39, 0.29) is 23.9 Å². The lowest BCUT2D eigenvalue weighted by atomic mass is 10.2. The zero-order valence-electron chi connectivity index (χ0n) is 16.2. The number of nitrogens with one attached hydrogen (secondary N) is 1. The molecule has 0 radical (unpaired) electrons. The first-order chi connectivity index (χ1) is 14.3. The van der Waals surface area contributed by atoms with E-state index in [9.17, 15) is 17.6 Å². The summed E-state index contributed by atoms with van der Waals surface area (Å²) < 4.78 is 44.7. The molecule has 0 aliphatic carbocycles. The zero-order chi connectivity index (χ0) is 21.6. The smallest absolute Gasteiger partial charge is 0.244 e. The van der Waals surface area contributed by atoms with Gasteiger partial charge in [-0.1, -0.05) is 18.2 Å². The highest BCUT2D eigenvalue weighted by molar-refractivity contribution is 7.89. The first-order valence-electron chi connectivity index (χ1n) is 8.98. The van der Waals surface area contributed by atoms with Crippen LogP contribution >= 0.6 is 0 Å². The highest BCUT2D eigenvalue weighted by Crippen LogP contribution is 2.17. The number of pyridine rings is 1. The Morgan fingerprint density at radius 2 is 1.93 bits per heavy atom. The van der Waals surface area contributed by atoms with Gasteiger partial charge in [0, 0.05) is 31.2 Å². The minimum atomic E-state index is -3.82. The maximum Gasteiger partial charge on any atom is 0.244 e. The Balaban J connectivity index is 1.59. The monoisotopic (exact) mass is 429 g/mol. The van der Waals surface area contributed by atoms with Gasteiger partial charge >= 0.3 is 0 Å². The van der Waals surface area contributed by atoms with Crippen LogP contribution in [-0.2, 0) is 21.4 Å². The Kier molecular flexibility index (Phi) is 6.76. The number of likely N-dealkylation sites (N-methyl/N-ethyl adjacent to an activating group) is 1. The summed E-state index contributed by atoms with van der Waals surface area (Å²) in [6, 6.07) is 15.6. The second kappa shape index (κ2) is 9.47. The molecule has 1 heterocycles. The molecule has 1 amide bonds. The van der Waals surface area contributed by atoms with Gasteiger partial charge < -0.3 is 10.1 Å². The maximum atomic E-state index is 13.2. The third-order valence-corrected chi connectivity index (χ3v) is 5.91. The van der Waals surface area contributed by atoms with Crippen LogP contribution in [-0.4, -0.2) is 37.2 Å². The average Bonchev–Trinajstić information content (AvgIpc) is 2.73. The van der Waals surface area contributed by atoms with E-state index in [4.69, 9.17) is 4.74 Å². The second-order valence-electron chi connectivity index (χ2n) is 6.44. The fourth-order valence-corrected chi connectivity index (χ4v) is 3.72. The molecule has 30 heavy (non-hydrogen) atoms. The SMILES string of the molecule is CN(CC(=O)Nc1cccc(COc2cccc(F)c2)c1)S(=O)(=O)c1cccnc1. The summed E-state index contributed by atoms with van der Waals surface area (Å²) >= 11 is 0. The molecule has 9 heteroatoms. The van der Waals surface area contributed by atoms with Gasteiger partial charge in [-0.3, -0.25) is 9.78 Å². The molecule has 1 N–H and O–H groups in total. The van der Waals surface area contributed by atoms with Crippen LogP contribution < -0.4 is 10.1 Å². The molecule has 0 saturated heterocycles. The van der Waals surface area contributed by atoms with Crippen LogP contribution in [0.15, 0.2) is 78.0 Å². The molecule has 0 aliphatic heterocycles. The van der Waals surface area contributed by atoms with Crippen LogP contribution in [0.3, 0.4) is 0 Å². The fraction of sp³-hybridized carbons (Fsp3) is 0.143. The molecule has 0 unspecified atom stereocenters. The first kappa shape index (κ1) is 21.4. The quantitative estimate of drug-likeness (QED) is 0.595. The van der Waals surface area contributed by atoms with Crippen LogP contribution in [0.1, 0.15) is 5.56 Å². The number of anilines is 1. The van der Waals surface area contributed by atoms with E-state index in [2.05, 4.69) is 10.3 Å². The Hall–Kier alpha value is -3.30. The van der Waals surface area contributed by atoms with Crippen molar-refractivity contribution in [3.05, 3.63) is 84.4 Å². The van der Waals surface area contributed by atoms with E-state index in [1.807, 2.05) is 0 Å². The number of carbonyl (C=O) groups is 1. The summed E-state index contributed by atoms with van der Waals surface area (Å²) in [5.41, 5.74) is 1.25. The minimum absolute atomic E-state index is 0.0109. The molecule has 2 aromatic carbocycles. The standard InChI is InChI=1S/C21H20FN3O4S/c1-25(30(27,28)20-9-4-10-23-13-20)14-21(26)24-18-7-2-5-16(11-18)15-29-19-8-3-6-17(22)12-19/h2-13H,14-15H2,1H3,(H,24,26). The summed E-state index contributed by atoms with van der Waals surface area (Å²) in [7, 11) is -2.49. The highest BCUT2D eigenvalue weighted by atomic mass is 32.2. The molecular weight excluding hydrogens is 409 g/mol. The van der Waals surface area contributed by atoms with Gasteiger partial charge in [-0.15, -0.1) is 0 Å². The van der Waals surface area contributed by atoms with E-state index >= 15 is 0 Å². The van der Waals surface area contributed by atoms with Crippen molar-refractivity contribution in [2.75, 3.05) is 18.9 Å². The molecule has 3 rings (SSSR count). The summed E-state index contributed by atoms with van der Waals surface area (Å²) in [4.78, 5) is 16.1. The van der Waals surface area contributed by atoms with Crippen molar-refractivity contribution < 1.29 is 22.3 Å². The highest BCUT2D eigenvalue weighted by Gasteiger charge is 2.23. The van der Waals surface area contributed by atoms with E-state index in [1.54, 1.807) is 36.4 Å². The van der Waals surface area contributed by atoms with Crippen LogP contribution in [0.2, 0.25) is 0 Å². The average molecular weight is 429 g/mol. The first-order valence-corrected chi connectivity index (χ1v) is 10.4. The van der Waals surface area contributed by atoms with Gasteiger partial charge in [0.05, 0.1) is 6.54 Å². The molecule has 3 aromatic rings. The Labute approximate surface area is 174 Å². The molecule has 1 aromatic heterocycles. The molecule has 0 aliphatic rings. The van der Waals surface area contributed by atoms with Gasteiger partial charge in [0.25, 0.3) is 0 Å². The van der Waals surface area contributed by atoms with E-state index in [0.29, 0.717) is 11.4 Å². The van der Waals surface area contributed by atoms with Crippen molar-refractivity contribution in [2.24, 2.45) is 0 Å². The molecule has 0 atom stereocenters. The Morgan fingerprint density at radius 3 is 2.67 bits per heavy atom. The van der Waals surface area contributed by atoms with Crippen LogP contribution in [0.5, 0.6) is 5.75 Å². The molecule has 0 spiro atoms. The van der Waals surface area contributed by atoms with Crippen molar-refractivity contribution >= 4 is 21.6 Å². The van der Waals surface area contributed by atoms with Crippen molar-refractivity contribution in [3.8, 4) is 5.75 Å². The molecule has 156 valence electrons. The van der Waals surface area contributed by atoms with Crippen molar-refractivity contribution in [3.63, 3.8) is 0 Å². The lowest BCUT2D eigenvalue weighted by Gasteiger charge is -2.17. The molecule has 7 nitrogen and oxygen atoms in total. The largest absolute Gasteiger partial charge is 0.489 e. The minimum Gasteiger partial charge on any atom is -0.489 e. The van der Waals surface area contributed by atoms with Crippen molar-refractivity contribution in [2.45, 2.75) is 11.5 Å². The fourth-order valence-electron chi connectivity index (χ4n) is 2.63. The number of halogens is 1. The maximum absolute atomic E-state index is 13.2. The number of carbonyl (C=O) groups excluding carboxylic acids is 1. The van der Waals surface area contributed by atoms with Gasteiger partial charge in [-0.05, 0) is 42.0 Å². The number of ether oxygens (including phenoxy) is 1. The molecular formula is C21H20FN3O4S. The predicted octanol–water partition coefficient (Wildman–Crippen LogP) is 3.06. The lowest BCUT2D eigenvalue weighted by Crippen LogP contribution is -2.35.